The molecule has 2 aromatic heterocycles. The Labute approximate surface area is 202 Å². The molecule has 8 heteroatoms. The average molecular weight is 468 g/mol. The van der Waals surface area contributed by atoms with Crippen LogP contribution in [-0.4, -0.2) is 39.0 Å². The van der Waals surface area contributed by atoms with Crippen LogP contribution in [-0.2, 0) is 17.6 Å². The lowest BCUT2D eigenvalue weighted by Gasteiger charge is -2.18. The quantitative estimate of drug-likeness (QED) is 0.396. The van der Waals surface area contributed by atoms with E-state index in [2.05, 4.69) is 28.6 Å². The van der Waals surface area contributed by atoms with E-state index in [4.69, 9.17) is 9.72 Å². The highest BCUT2D eigenvalue weighted by Crippen LogP contribution is 2.29. The largest absolute Gasteiger partial charge is 0.493 e. The van der Waals surface area contributed by atoms with Crippen molar-refractivity contribution in [1.82, 2.24) is 14.8 Å². The lowest BCUT2D eigenvalue weighted by atomic mass is 10.0. The standard InChI is InChI=1S/C27H25N5O3/c28-16-18-3-1-4-20(13-18)25(15-26(33)34)32-24-9-8-23(14-21(24)17-30-32)35-12-10-22-7-6-19-5-2-11-29-27(19)31-22/h1,3-4,6-9,13-14,17,25H,2,5,10-12,15H2,(H,29,31)(H,33,34). The lowest BCUT2D eigenvalue weighted by Crippen LogP contribution is -2.16. The Morgan fingerprint density at radius 2 is 2.14 bits per heavy atom. The number of fused-ring (bicyclic) bond motifs is 2. The van der Waals surface area contributed by atoms with Gasteiger partial charge in [0.25, 0.3) is 0 Å². The van der Waals surface area contributed by atoms with Crippen molar-refractivity contribution in [3.05, 3.63) is 83.2 Å². The second-order valence-corrected chi connectivity index (χ2v) is 8.60. The molecule has 2 aromatic carbocycles. The van der Waals surface area contributed by atoms with Crippen molar-refractivity contribution >= 4 is 22.7 Å². The van der Waals surface area contributed by atoms with E-state index in [0.29, 0.717) is 18.6 Å². The Morgan fingerprint density at radius 1 is 1.23 bits per heavy atom. The number of carboxylic acid groups (broad SMARTS) is 1. The number of benzene rings is 2. The maximum Gasteiger partial charge on any atom is 0.305 e. The molecule has 5 rings (SSSR count). The van der Waals surface area contributed by atoms with Gasteiger partial charge in [-0.3, -0.25) is 9.48 Å². The lowest BCUT2D eigenvalue weighted by molar-refractivity contribution is -0.137. The van der Waals surface area contributed by atoms with Crippen LogP contribution < -0.4 is 10.1 Å². The minimum absolute atomic E-state index is 0.146. The van der Waals surface area contributed by atoms with Crippen LogP contribution in [0.4, 0.5) is 5.82 Å². The third-order valence-corrected chi connectivity index (χ3v) is 6.21. The second kappa shape index (κ2) is 9.85. The second-order valence-electron chi connectivity index (χ2n) is 8.60. The van der Waals surface area contributed by atoms with Crippen LogP contribution in [0.15, 0.2) is 60.8 Å². The monoisotopic (exact) mass is 467 g/mol. The van der Waals surface area contributed by atoms with E-state index < -0.39 is 12.0 Å². The van der Waals surface area contributed by atoms with Gasteiger partial charge in [0.1, 0.15) is 11.6 Å². The van der Waals surface area contributed by atoms with Gasteiger partial charge in [-0.05, 0) is 60.4 Å². The summed E-state index contributed by atoms with van der Waals surface area (Å²) in [6, 6.07) is 18.4. The van der Waals surface area contributed by atoms with Gasteiger partial charge in [-0.25, -0.2) is 4.98 Å². The molecule has 0 bridgehead atoms. The third-order valence-electron chi connectivity index (χ3n) is 6.21. The van der Waals surface area contributed by atoms with Crippen molar-refractivity contribution in [3.8, 4) is 11.8 Å². The first-order chi connectivity index (χ1) is 17.1. The fourth-order valence-corrected chi connectivity index (χ4v) is 4.48. The summed E-state index contributed by atoms with van der Waals surface area (Å²) >= 11 is 0. The highest BCUT2D eigenvalue weighted by atomic mass is 16.5. The third kappa shape index (κ3) is 4.94. The summed E-state index contributed by atoms with van der Waals surface area (Å²) in [6.07, 6.45) is 4.47. The topological polar surface area (TPSA) is 113 Å². The summed E-state index contributed by atoms with van der Waals surface area (Å²) in [4.78, 5) is 16.3. The molecule has 176 valence electrons. The number of hydrogen-bond acceptors (Lipinski definition) is 6. The van der Waals surface area contributed by atoms with E-state index in [0.717, 1.165) is 53.1 Å². The van der Waals surface area contributed by atoms with Gasteiger partial charge in [0.15, 0.2) is 0 Å². The van der Waals surface area contributed by atoms with E-state index in [-0.39, 0.29) is 6.42 Å². The molecule has 0 amide bonds. The van der Waals surface area contributed by atoms with Gasteiger partial charge in [-0.2, -0.15) is 10.4 Å². The number of nitrogens with zero attached hydrogens (tertiary/aromatic N) is 4. The summed E-state index contributed by atoms with van der Waals surface area (Å²) in [5, 5.41) is 27.5. The molecular weight excluding hydrogens is 442 g/mol. The van der Waals surface area contributed by atoms with Gasteiger partial charge < -0.3 is 15.2 Å². The normalized spacial score (nSPS) is 13.5. The molecule has 0 spiro atoms. The van der Waals surface area contributed by atoms with E-state index >= 15 is 0 Å². The number of aliphatic carboxylic acids is 1. The summed E-state index contributed by atoms with van der Waals surface area (Å²) in [5.74, 6) is 0.764. The molecule has 8 nitrogen and oxygen atoms in total. The Morgan fingerprint density at radius 3 is 3.00 bits per heavy atom. The molecule has 2 N–H and O–H groups in total. The van der Waals surface area contributed by atoms with E-state index in [1.54, 1.807) is 29.1 Å². The number of hydrogen-bond donors (Lipinski definition) is 2. The number of nitrogens with one attached hydrogen (secondary N) is 1. The zero-order valence-electron chi connectivity index (χ0n) is 19.1. The van der Waals surface area contributed by atoms with Crippen LogP contribution in [0.2, 0.25) is 0 Å². The Bertz CT molecular complexity index is 1420. The first kappa shape index (κ1) is 22.4. The summed E-state index contributed by atoms with van der Waals surface area (Å²) in [7, 11) is 0. The van der Waals surface area contributed by atoms with E-state index in [1.807, 2.05) is 24.3 Å². The average Bonchev–Trinajstić information content (AvgIpc) is 3.30. The smallest absolute Gasteiger partial charge is 0.305 e. The number of aryl methyl sites for hydroxylation is 1. The molecule has 0 saturated carbocycles. The molecule has 1 aliphatic rings. The molecule has 0 radical (unpaired) electrons. The zero-order valence-corrected chi connectivity index (χ0v) is 19.1. The molecule has 1 atom stereocenters. The van der Waals surface area contributed by atoms with Gasteiger partial charge in [0.05, 0.1) is 42.4 Å². The number of aromatic nitrogens is 3. The first-order valence-corrected chi connectivity index (χ1v) is 11.7. The van der Waals surface area contributed by atoms with Crippen LogP contribution in [0.1, 0.15) is 41.3 Å². The highest BCUT2D eigenvalue weighted by molar-refractivity contribution is 5.81. The van der Waals surface area contributed by atoms with E-state index in [1.165, 1.54) is 5.56 Å². The Hall–Kier alpha value is -4.38. The van der Waals surface area contributed by atoms with Crippen LogP contribution in [0.3, 0.4) is 0 Å². The SMILES string of the molecule is N#Cc1cccc(C(CC(=O)O)n2ncc3cc(OCCc4ccc5c(n4)NCCC5)ccc32)c1. The van der Waals surface area contributed by atoms with Gasteiger partial charge >= 0.3 is 5.97 Å². The highest BCUT2D eigenvalue weighted by Gasteiger charge is 2.21. The number of anilines is 1. The maximum absolute atomic E-state index is 11.6. The fraction of sp³-hybridized carbons (Fsp3) is 0.259. The summed E-state index contributed by atoms with van der Waals surface area (Å²) in [6.45, 7) is 1.46. The van der Waals surface area contributed by atoms with Gasteiger partial charge in [-0.1, -0.05) is 18.2 Å². The molecule has 3 heterocycles. The minimum atomic E-state index is -0.938. The molecule has 1 aliphatic heterocycles. The summed E-state index contributed by atoms with van der Waals surface area (Å²) < 4.78 is 7.69. The molecule has 4 aromatic rings. The van der Waals surface area contributed by atoms with Gasteiger partial charge in [0, 0.05) is 24.0 Å². The van der Waals surface area contributed by atoms with Crippen molar-refractivity contribution in [3.63, 3.8) is 0 Å². The van der Waals surface area contributed by atoms with Crippen LogP contribution in [0, 0.1) is 11.3 Å². The van der Waals surface area contributed by atoms with Gasteiger partial charge in [0.2, 0.25) is 0 Å². The summed E-state index contributed by atoms with van der Waals surface area (Å²) in [5.41, 5.74) is 4.26. The maximum atomic E-state index is 11.6. The zero-order chi connectivity index (χ0) is 24.2. The molecule has 0 aliphatic carbocycles. The molecule has 0 saturated heterocycles. The molecular formula is C27H25N5O3. The van der Waals surface area contributed by atoms with Crippen molar-refractivity contribution in [1.29, 1.82) is 5.26 Å². The van der Waals surface area contributed by atoms with Crippen LogP contribution in [0.25, 0.3) is 10.9 Å². The van der Waals surface area contributed by atoms with Crippen LogP contribution in [0.5, 0.6) is 5.75 Å². The molecule has 35 heavy (non-hydrogen) atoms. The number of ether oxygens (including phenoxy) is 1. The number of rotatable bonds is 8. The van der Waals surface area contributed by atoms with Crippen molar-refractivity contribution < 1.29 is 14.6 Å². The van der Waals surface area contributed by atoms with E-state index in [9.17, 15) is 15.2 Å². The number of carbonyl (C=O) groups is 1. The van der Waals surface area contributed by atoms with Crippen molar-refractivity contribution in [2.45, 2.75) is 31.7 Å². The molecule has 0 fully saturated rings. The number of carboxylic acids is 1. The predicted molar refractivity (Wildman–Crippen MR) is 132 cm³/mol. The number of nitriles is 1. The van der Waals surface area contributed by atoms with Crippen molar-refractivity contribution in [2.24, 2.45) is 0 Å². The fourth-order valence-electron chi connectivity index (χ4n) is 4.48. The van der Waals surface area contributed by atoms with Crippen molar-refractivity contribution in [2.75, 3.05) is 18.5 Å². The van der Waals surface area contributed by atoms with Gasteiger partial charge in [-0.15, -0.1) is 0 Å². The predicted octanol–water partition coefficient (Wildman–Crippen LogP) is 4.35. The Balaban J connectivity index is 1.32. The first-order valence-electron chi connectivity index (χ1n) is 11.7. The minimum Gasteiger partial charge on any atom is -0.493 e. The Kier molecular flexibility index (Phi) is 6.31. The van der Waals surface area contributed by atoms with Crippen LogP contribution >= 0.6 is 0 Å². The molecule has 1 unspecified atom stereocenters. The number of pyridine rings is 1.